The lowest BCUT2D eigenvalue weighted by atomic mass is 10.3. The van der Waals surface area contributed by atoms with Gasteiger partial charge >= 0.3 is 0 Å². The van der Waals surface area contributed by atoms with Gasteiger partial charge in [-0.15, -0.1) is 0 Å². The Morgan fingerprint density at radius 2 is 1.54 bits per heavy atom. The quantitative estimate of drug-likeness (QED) is 0.431. The van der Waals surface area contributed by atoms with Crippen LogP contribution in [-0.2, 0) is 13.6 Å². The third-order valence-electron chi connectivity index (χ3n) is 3.69. The predicted molar refractivity (Wildman–Crippen MR) is 101 cm³/mol. The monoisotopic (exact) mass is 380 g/mol. The Morgan fingerprint density at radius 1 is 0.875 bits per heavy atom. The first-order valence-electron chi connectivity index (χ1n) is 7.36. The fourth-order valence-corrected chi connectivity index (χ4v) is 2.89. The van der Waals surface area contributed by atoms with Crippen molar-refractivity contribution in [1.29, 1.82) is 0 Å². The maximum Gasteiger partial charge on any atom is 0.0958 e. The normalized spacial score (nSPS) is 10.9. The molecule has 24 heavy (non-hydrogen) atoms. The summed E-state index contributed by atoms with van der Waals surface area (Å²) in [4.78, 5) is 8.37. The molecule has 2 aromatic heterocycles. The van der Waals surface area contributed by atoms with Gasteiger partial charge in [0.15, 0.2) is 0 Å². The Bertz CT molecular complexity index is 1000. The highest BCUT2D eigenvalue weighted by molar-refractivity contribution is 6.42. The van der Waals surface area contributed by atoms with Gasteiger partial charge in [-0.05, 0) is 37.3 Å². The van der Waals surface area contributed by atoms with Crippen LogP contribution in [0.1, 0.15) is 6.92 Å². The SMILES string of the molecule is CCn1cnc2cc(Cl)ccc21.Cn1cnc2cc(Cl)c(Cl)cc21. The summed E-state index contributed by atoms with van der Waals surface area (Å²) in [7, 11) is 1.92. The van der Waals surface area contributed by atoms with Crippen molar-refractivity contribution in [2.24, 2.45) is 7.05 Å². The van der Waals surface area contributed by atoms with Crippen LogP contribution in [0.3, 0.4) is 0 Å². The first-order chi connectivity index (χ1) is 11.5. The number of imidazole rings is 2. The van der Waals surface area contributed by atoms with Crippen molar-refractivity contribution >= 4 is 56.9 Å². The summed E-state index contributed by atoms with van der Waals surface area (Å²) in [5, 5.41) is 1.85. The van der Waals surface area contributed by atoms with Crippen LogP contribution in [-0.4, -0.2) is 19.1 Å². The third-order valence-corrected chi connectivity index (χ3v) is 4.65. The van der Waals surface area contributed by atoms with E-state index in [1.54, 1.807) is 12.4 Å². The van der Waals surface area contributed by atoms with Crippen molar-refractivity contribution in [3.05, 3.63) is 58.1 Å². The molecule has 0 aliphatic rings. The van der Waals surface area contributed by atoms with Crippen LogP contribution < -0.4 is 0 Å². The molecular formula is C17H15Cl3N4. The number of benzene rings is 2. The Labute approximate surface area is 154 Å². The zero-order chi connectivity index (χ0) is 17.3. The van der Waals surface area contributed by atoms with Crippen LogP contribution in [0.4, 0.5) is 0 Å². The molecule has 0 unspecified atom stereocenters. The molecule has 0 N–H and O–H groups in total. The molecule has 0 saturated carbocycles. The van der Waals surface area contributed by atoms with Crippen LogP contribution in [0.25, 0.3) is 22.1 Å². The van der Waals surface area contributed by atoms with E-state index in [2.05, 4.69) is 21.5 Å². The Morgan fingerprint density at radius 3 is 2.29 bits per heavy atom. The van der Waals surface area contributed by atoms with Gasteiger partial charge in [0.05, 0.1) is 44.8 Å². The number of fused-ring (bicyclic) bond motifs is 2. The molecule has 0 amide bonds. The Balaban J connectivity index is 0.000000141. The second-order valence-electron chi connectivity index (χ2n) is 5.27. The summed E-state index contributed by atoms with van der Waals surface area (Å²) >= 11 is 17.5. The molecular weight excluding hydrogens is 367 g/mol. The molecule has 0 fully saturated rings. The van der Waals surface area contributed by atoms with Gasteiger partial charge in [-0.25, -0.2) is 9.97 Å². The zero-order valence-electron chi connectivity index (χ0n) is 13.2. The number of rotatable bonds is 1. The average molecular weight is 382 g/mol. The van der Waals surface area contributed by atoms with Gasteiger partial charge < -0.3 is 9.13 Å². The molecule has 0 saturated heterocycles. The van der Waals surface area contributed by atoms with E-state index in [1.165, 1.54) is 0 Å². The van der Waals surface area contributed by atoms with Gasteiger partial charge in [0.2, 0.25) is 0 Å². The summed E-state index contributed by atoms with van der Waals surface area (Å²) in [6.45, 7) is 3.04. The second kappa shape index (κ2) is 7.01. The summed E-state index contributed by atoms with van der Waals surface area (Å²) < 4.78 is 3.99. The summed E-state index contributed by atoms with van der Waals surface area (Å²) in [5.41, 5.74) is 3.96. The minimum absolute atomic E-state index is 0.544. The molecule has 0 aliphatic carbocycles. The maximum absolute atomic E-state index is 5.84. The molecule has 4 rings (SSSR count). The smallest absolute Gasteiger partial charge is 0.0958 e. The molecule has 2 heterocycles. The van der Waals surface area contributed by atoms with E-state index in [4.69, 9.17) is 34.8 Å². The molecule has 0 spiro atoms. The molecule has 4 nitrogen and oxygen atoms in total. The third kappa shape index (κ3) is 3.36. The molecule has 7 heteroatoms. The van der Waals surface area contributed by atoms with Crippen molar-refractivity contribution in [2.75, 3.05) is 0 Å². The molecule has 4 aromatic rings. The van der Waals surface area contributed by atoms with Crippen LogP contribution in [0, 0.1) is 0 Å². The second-order valence-corrected chi connectivity index (χ2v) is 6.52. The lowest BCUT2D eigenvalue weighted by Gasteiger charge is -1.97. The summed E-state index contributed by atoms with van der Waals surface area (Å²) in [5.74, 6) is 0. The number of hydrogen-bond acceptors (Lipinski definition) is 2. The van der Waals surface area contributed by atoms with Gasteiger partial charge in [-0.3, -0.25) is 0 Å². The summed E-state index contributed by atoms with van der Waals surface area (Å²) in [6.07, 6.45) is 3.57. The van der Waals surface area contributed by atoms with E-state index in [9.17, 15) is 0 Å². The van der Waals surface area contributed by atoms with E-state index in [0.717, 1.165) is 33.6 Å². The van der Waals surface area contributed by atoms with Crippen LogP contribution in [0.2, 0.25) is 15.1 Å². The fraction of sp³-hybridized carbons (Fsp3) is 0.176. The van der Waals surface area contributed by atoms with E-state index < -0.39 is 0 Å². The van der Waals surface area contributed by atoms with E-state index in [1.807, 2.05) is 42.2 Å². The van der Waals surface area contributed by atoms with E-state index >= 15 is 0 Å². The van der Waals surface area contributed by atoms with Gasteiger partial charge in [-0.2, -0.15) is 0 Å². The molecule has 124 valence electrons. The van der Waals surface area contributed by atoms with E-state index in [-0.39, 0.29) is 0 Å². The van der Waals surface area contributed by atoms with Crippen molar-refractivity contribution < 1.29 is 0 Å². The van der Waals surface area contributed by atoms with Crippen LogP contribution in [0.15, 0.2) is 43.0 Å². The maximum atomic E-state index is 5.84. The van der Waals surface area contributed by atoms with Crippen molar-refractivity contribution in [3.63, 3.8) is 0 Å². The lowest BCUT2D eigenvalue weighted by molar-refractivity contribution is 0.787. The van der Waals surface area contributed by atoms with Crippen LogP contribution >= 0.6 is 34.8 Å². The number of aryl methyl sites for hydroxylation is 2. The van der Waals surface area contributed by atoms with Gasteiger partial charge in [0.25, 0.3) is 0 Å². The topological polar surface area (TPSA) is 35.6 Å². The molecule has 0 atom stereocenters. The standard InChI is InChI=1S/C9H9ClN2.C8H6Cl2N2/c1-2-12-6-11-8-5-7(10)3-4-9(8)12;1-12-4-11-7-2-5(9)6(10)3-8(7)12/h3-6H,2H2,1H3;2-4H,1H3. The Kier molecular flexibility index (Phi) is 4.99. The molecule has 0 aliphatic heterocycles. The largest absolute Gasteiger partial charge is 0.334 e. The van der Waals surface area contributed by atoms with E-state index in [0.29, 0.717) is 10.0 Å². The molecule has 0 radical (unpaired) electrons. The van der Waals surface area contributed by atoms with Gasteiger partial charge in [0.1, 0.15) is 0 Å². The Hall–Kier alpha value is -1.75. The number of halogens is 3. The first kappa shape index (κ1) is 17.1. The first-order valence-corrected chi connectivity index (χ1v) is 8.49. The van der Waals surface area contributed by atoms with Crippen LogP contribution in [0.5, 0.6) is 0 Å². The minimum Gasteiger partial charge on any atom is -0.334 e. The summed E-state index contributed by atoms with van der Waals surface area (Å²) in [6, 6.07) is 9.33. The highest BCUT2D eigenvalue weighted by atomic mass is 35.5. The molecule has 2 aromatic carbocycles. The zero-order valence-corrected chi connectivity index (χ0v) is 15.4. The number of hydrogen-bond donors (Lipinski definition) is 0. The highest BCUT2D eigenvalue weighted by Crippen LogP contribution is 2.26. The number of aromatic nitrogens is 4. The molecule has 0 bridgehead atoms. The van der Waals surface area contributed by atoms with Gasteiger partial charge in [0, 0.05) is 18.6 Å². The lowest BCUT2D eigenvalue weighted by Crippen LogP contribution is -1.89. The predicted octanol–water partition coefficient (Wildman–Crippen LogP) is 5.59. The fourth-order valence-electron chi connectivity index (χ4n) is 2.41. The average Bonchev–Trinajstić information content (AvgIpc) is 3.12. The van der Waals surface area contributed by atoms with Crippen molar-refractivity contribution in [1.82, 2.24) is 19.1 Å². The number of nitrogens with zero attached hydrogens (tertiary/aromatic N) is 4. The minimum atomic E-state index is 0.544. The van der Waals surface area contributed by atoms with Gasteiger partial charge in [-0.1, -0.05) is 34.8 Å². The van der Waals surface area contributed by atoms with Crippen molar-refractivity contribution in [3.8, 4) is 0 Å². The highest BCUT2D eigenvalue weighted by Gasteiger charge is 2.04. The van der Waals surface area contributed by atoms with Crippen molar-refractivity contribution in [2.45, 2.75) is 13.5 Å².